The molecule has 1 aliphatic heterocycles. The minimum absolute atomic E-state index is 0.176. The molecule has 0 saturated heterocycles. The van der Waals surface area contributed by atoms with Crippen LogP contribution < -0.4 is 0 Å². The highest BCUT2D eigenvalue weighted by Crippen LogP contribution is 2.25. The third-order valence-corrected chi connectivity index (χ3v) is 3.99. The molecule has 0 radical (unpaired) electrons. The van der Waals surface area contributed by atoms with Crippen LogP contribution >= 0.6 is 34.8 Å². The van der Waals surface area contributed by atoms with Crippen LogP contribution in [0.15, 0.2) is 59.2 Å². The van der Waals surface area contributed by atoms with Gasteiger partial charge in [0.15, 0.2) is 5.70 Å². The van der Waals surface area contributed by atoms with Crippen LogP contribution in [0.3, 0.4) is 0 Å². The van der Waals surface area contributed by atoms with Gasteiger partial charge in [-0.25, -0.2) is 9.79 Å². The van der Waals surface area contributed by atoms with E-state index in [-0.39, 0.29) is 11.6 Å². The Morgan fingerprint density at radius 1 is 0.917 bits per heavy atom. The second-order valence-electron chi connectivity index (χ2n) is 4.92. The summed E-state index contributed by atoms with van der Waals surface area (Å²) in [4.78, 5) is 16.1. The van der Waals surface area contributed by atoms with E-state index < -0.39 is 5.97 Å². The molecule has 0 N–H and O–H groups in total. The first kappa shape index (κ1) is 16.8. The molecule has 3 rings (SSSR count). The molecule has 2 aromatic carbocycles. The van der Waals surface area contributed by atoms with Crippen LogP contribution in [-0.2, 0) is 9.53 Å². The van der Waals surface area contributed by atoms with Gasteiger partial charge in [0.05, 0.1) is 0 Å². The molecule has 120 valence electrons. The molecule has 6 heteroatoms. The fourth-order valence-electron chi connectivity index (χ4n) is 2.00. The van der Waals surface area contributed by atoms with E-state index in [1.54, 1.807) is 48.6 Å². The molecule has 0 aromatic heterocycles. The summed E-state index contributed by atoms with van der Waals surface area (Å²) in [5.41, 5.74) is 1.73. The maximum absolute atomic E-state index is 11.9. The summed E-state index contributed by atoms with van der Waals surface area (Å²) in [6.07, 6.45) is 4.95. The number of carbonyl (C=O) groups is 1. The van der Waals surface area contributed by atoms with Crippen LogP contribution in [0.25, 0.3) is 12.2 Å². The number of carbonyl (C=O) groups excluding carboxylic acids is 1. The van der Waals surface area contributed by atoms with Crippen LogP contribution in [0.4, 0.5) is 0 Å². The van der Waals surface area contributed by atoms with Crippen molar-refractivity contribution in [2.45, 2.75) is 0 Å². The topological polar surface area (TPSA) is 38.7 Å². The second kappa shape index (κ2) is 7.22. The van der Waals surface area contributed by atoms with Gasteiger partial charge in [-0.1, -0.05) is 53.0 Å². The lowest BCUT2D eigenvalue weighted by molar-refractivity contribution is -0.129. The molecule has 0 amide bonds. The predicted molar refractivity (Wildman–Crippen MR) is 98.5 cm³/mol. The van der Waals surface area contributed by atoms with Gasteiger partial charge in [0.1, 0.15) is 0 Å². The molecular weight excluding hydrogens is 369 g/mol. The average molecular weight is 379 g/mol. The molecule has 24 heavy (non-hydrogen) atoms. The molecule has 2 aromatic rings. The molecule has 0 bridgehead atoms. The van der Waals surface area contributed by atoms with Crippen LogP contribution in [-0.4, -0.2) is 11.9 Å². The summed E-state index contributed by atoms with van der Waals surface area (Å²) in [5, 5.41) is 1.61. The van der Waals surface area contributed by atoms with Gasteiger partial charge in [0.25, 0.3) is 0 Å². The Morgan fingerprint density at radius 3 is 2.33 bits per heavy atom. The van der Waals surface area contributed by atoms with Crippen molar-refractivity contribution in [1.29, 1.82) is 0 Å². The monoisotopic (exact) mass is 377 g/mol. The number of cyclic esters (lactones) is 1. The van der Waals surface area contributed by atoms with E-state index >= 15 is 0 Å². The first-order valence-electron chi connectivity index (χ1n) is 6.92. The summed E-state index contributed by atoms with van der Waals surface area (Å²) in [6.45, 7) is 0. The summed E-state index contributed by atoms with van der Waals surface area (Å²) in [6, 6.07) is 12.2. The lowest BCUT2D eigenvalue weighted by Crippen LogP contribution is -2.01. The molecule has 3 nitrogen and oxygen atoms in total. The number of hydrogen-bond donors (Lipinski definition) is 0. The van der Waals surface area contributed by atoms with Crippen LogP contribution in [0.2, 0.25) is 15.1 Å². The number of halogens is 3. The number of benzene rings is 2. The number of rotatable bonds is 3. The van der Waals surface area contributed by atoms with Crippen molar-refractivity contribution in [3.8, 4) is 0 Å². The van der Waals surface area contributed by atoms with Crippen LogP contribution in [0.5, 0.6) is 0 Å². The lowest BCUT2D eigenvalue weighted by atomic mass is 10.2. The zero-order valence-corrected chi connectivity index (χ0v) is 14.4. The molecule has 0 aliphatic carbocycles. The minimum atomic E-state index is -0.531. The van der Waals surface area contributed by atoms with Gasteiger partial charge < -0.3 is 4.74 Å². The number of ether oxygens (including phenoxy) is 1. The largest absolute Gasteiger partial charge is 0.403 e. The third kappa shape index (κ3) is 4.06. The van der Waals surface area contributed by atoms with Gasteiger partial charge in [0, 0.05) is 21.1 Å². The Bertz CT molecular complexity index is 884. The predicted octanol–water partition coefficient (Wildman–Crippen LogP) is 5.66. The third-order valence-electron chi connectivity index (χ3n) is 3.18. The van der Waals surface area contributed by atoms with E-state index in [4.69, 9.17) is 39.5 Å². The Kier molecular flexibility index (Phi) is 5.05. The van der Waals surface area contributed by atoms with Gasteiger partial charge in [-0.15, -0.1) is 0 Å². The van der Waals surface area contributed by atoms with Crippen LogP contribution in [0.1, 0.15) is 11.1 Å². The summed E-state index contributed by atoms with van der Waals surface area (Å²) >= 11 is 17.8. The van der Waals surface area contributed by atoms with Crippen molar-refractivity contribution in [1.82, 2.24) is 0 Å². The highest BCUT2D eigenvalue weighted by molar-refractivity contribution is 6.35. The van der Waals surface area contributed by atoms with E-state index in [9.17, 15) is 4.79 Å². The fourth-order valence-corrected chi connectivity index (χ4v) is 2.59. The number of esters is 1. The zero-order chi connectivity index (χ0) is 17.1. The normalized spacial score (nSPS) is 15.9. The molecule has 1 aliphatic rings. The molecule has 1 heterocycles. The Hall–Kier alpha value is -2.07. The van der Waals surface area contributed by atoms with Crippen molar-refractivity contribution in [3.63, 3.8) is 0 Å². The van der Waals surface area contributed by atoms with E-state index in [1.165, 1.54) is 0 Å². The van der Waals surface area contributed by atoms with E-state index in [1.807, 2.05) is 12.1 Å². The van der Waals surface area contributed by atoms with Crippen LogP contribution in [0, 0.1) is 0 Å². The summed E-state index contributed by atoms with van der Waals surface area (Å²) in [7, 11) is 0. The second-order valence-corrected chi connectivity index (χ2v) is 6.20. The highest BCUT2D eigenvalue weighted by atomic mass is 35.5. The smallest absolute Gasteiger partial charge is 0.363 e. The highest BCUT2D eigenvalue weighted by Gasteiger charge is 2.21. The first-order chi connectivity index (χ1) is 11.5. The molecule has 0 fully saturated rings. The van der Waals surface area contributed by atoms with E-state index in [0.717, 1.165) is 5.56 Å². The molecular formula is C18H10Cl3NO2. The quantitative estimate of drug-likeness (QED) is 0.511. The van der Waals surface area contributed by atoms with Gasteiger partial charge >= 0.3 is 5.97 Å². The Balaban J connectivity index is 1.82. The van der Waals surface area contributed by atoms with Gasteiger partial charge in [0.2, 0.25) is 5.90 Å². The van der Waals surface area contributed by atoms with Gasteiger partial charge in [-0.2, -0.15) is 0 Å². The van der Waals surface area contributed by atoms with Crippen molar-refractivity contribution in [3.05, 3.63) is 80.4 Å². The van der Waals surface area contributed by atoms with E-state index in [2.05, 4.69) is 4.99 Å². The van der Waals surface area contributed by atoms with Crippen molar-refractivity contribution < 1.29 is 9.53 Å². The maximum Gasteiger partial charge on any atom is 0.363 e. The minimum Gasteiger partial charge on any atom is -0.403 e. The summed E-state index contributed by atoms with van der Waals surface area (Å²) < 4.78 is 5.12. The van der Waals surface area contributed by atoms with Crippen molar-refractivity contribution >= 4 is 58.8 Å². The average Bonchev–Trinajstić information content (AvgIpc) is 2.89. The van der Waals surface area contributed by atoms with Crippen molar-refractivity contribution in [2.24, 2.45) is 4.99 Å². The molecule has 0 saturated carbocycles. The lowest BCUT2D eigenvalue weighted by Gasteiger charge is -1.98. The maximum atomic E-state index is 11.9. The Morgan fingerprint density at radius 2 is 1.62 bits per heavy atom. The molecule has 0 unspecified atom stereocenters. The zero-order valence-electron chi connectivity index (χ0n) is 12.2. The fraction of sp³-hybridized carbons (Fsp3) is 0. The first-order valence-corrected chi connectivity index (χ1v) is 8.06. The number of nitrogens with zero attached hydrogens (tertiary/aromatic N) is 1. The summed E-state index contributed by atoms with van der Waals surface area (Å²) in [5.74, 6) is -0.317. The Labute approximate surface area is 153 Å². The molecule has 0 spiro atoms. The van der Waals surface area contributed by atoms with Gasteiger partial charge in [-0.05, 0) is 47.5 Å². The molecule has 0 atom stereocenters. The SMILES string of the molecule is O=C1OC(/C=C/c2ccc(Cl)cc2)=NC/1=C/c1ccc(Cl)cc1Cl. The van der Waals surface area contributed by atoms with Gasteiger partial charge in [-0.3, -0.25) is 0 Å². The number of aliphatic imine (C=N–C) groups is 1. The van der Waals surface area contributed by atoms with Crippen molar-refractivity contribution in [2.75, 3.05) is 0 Å². The van der Waals surface area contributed by atoms with E-state index in [0.29, 0.717) is 20.6 Å². The number of hydrogen-bond acceptors (Lipinski definition) is 3. The standard InChI is InChI=1S/C18H10Cl3NO2/c19-13-5-1-11(2-6-13)3-8-17-22-16(18(23)24-17)9-12-4-7-14(20)10-15(12)21/h1-10H/b8-3+,16-9+.